The lowest BCUT2D eigenvalue weighted by Gasteiger charge is -2.28. The summed E-state index contributed by atoms with van der Waals surface area (Å²) in [5.74, 6) is -0.900. The van der Waals surface area contributed by atoms with Crippen molar-refractivity contribution >= 4 is 19.8 Å². The van der Waals surface area contributed by atoms with Gasteiger partial charge in [0.15, 0.2) is 6.10 Å². The van der Waals surface area contributed by atoms with Gasteiger partial charge < -0.3 is 27.9 Å². The predicted molar refractivity (Wildman–Crippen MR) is 250 cm³/mol. The van der Waals surface area contributed by atoms with Gasteiger partial charge in [-0.2, -0.15) is 0 Å². The van der Waals surface area contributed by atoms with Gasteiger partial charge in [0.05, 0.1) is 27.7 Å². The maximum atomic E-state index is 12.7. The van der Waals surface area contributed by atoms with Gasteiger partial charge in [0.1, 0.15) is 19.8 Å². The number of hydrogen-bond acceptors (Lipinski definition) is 8. The number of phosphoric ester groups is 1. The number of phosphoric acid groups is 1. The lowest BCUT2D eigenvalue weighted by atomic mass is 10.0. The number of quaternary nitrogens is 1. The number of carbonyl (C=O) groups excluding carboxylic acids is 2. The quantitative estimate of drug-likeness (QED) is 0.0196. The normalized spacial score (nSPS) is 14.0. The highest BCUT2D eigenvalue weighted by Gasteiger charge is 2.21. The molecule has 9 nitrogen and oxygen atoms in total. The van der Waals surface area contributed by atoms with E-state index in [1.165, 1.54) is 103 Å². The second-order valence-electron chi connectivity index (χ2n) is 17.1. The van der Waals surface area contributed by atoms with Crippen LogP contribution in [0.1, 0.15) is 194 Å². The average molecular weight is 864 g/mol. The van der Waals surface area contributed by atoms with Gasteiger partial charge in [-0.25, -0.2) is 0 Å². The molecule has 0 radical (unpaired) electrons. The third kappa shape index (κ3) is 45.2. The molecular weight excluding hydrogens is 774 g/mol. The van der Waals surface area contributed by atoms with Crippen LogP contribution in [0.15, 0.2) is 60.8 Å². The van der Waals surface area contributed by atoms with Crippen LogP contribution in [0.25, 0.3) is 0 Å². The number of carbonyl (C=O) groups is 2. The molecule has 0 fully saturated rings. The number of ether oxygens (including phenoxy) is 2. The molecule has 0 rings (SSSR count). The summed E-state index contributed by atoms with van der Waals surface area (Å²) in [6.07, 6.45) is 51.2. The Hall–Kier alpha value is -2.29. The molecule has 0 aliphatic heterocycles. The number of esters is 2. The highest BCUT2D eigenvalue weighted by molar-refractivity contribution is 7.45. The van der Waals surface area contributed by atoms with Crippen molar-refractivity contribution in [2.24, 2.45) is 0 Å². The van der Waals surface area contributed by atoms with Crippen LogP contribution in [-0.4, -0.2) is 70.0 Å². The third-order valence-corrected chi connectivity index (χ3v) is 11.0. The molecule has 0 spiro atoms. The zero-order valence-corrected chi connectivity index (χ0v) is 40.0. The van der Waals surface area contributed by atoms with Crippen molar-refractivity contribution in [3.63, 3.8) is 0 Å². The minimum atomic E-state index is -4.64. The Labute approximate surface area is 368 Å². The van der Waals surface area contributed by atoms with Crippen LogP contribution >= 0.6 is 7.82 Å². The Morgan fingerprint density at radius 1 is 0.533 bits per heavy atom. The van der Waals surface area contributed by atoms with Crippen LogP contribution in [0, 0.1) is 0 Å². The van der Waals surface area contributed by atoms with Gasteiger partial charge in [-0.15, -0.1) is 0 Å². The van der Waals surface area contributed by atoms with Crippen molar-refractivity contribution in [1.82, 2.24) is 0 Å². The van der Waals surface area contributed by atoms with Gasteiger partial charge in [0.25, 0.3) is 7.82 Å². The maximum absolute atomic E-state index is 12.7. The first kappa shape index (κ1) is 57.7. The molecule has 60 heavy (non-hydrogen) atoms. The fourth-order valence-corrected chi connectivity index (χ4v) is 7.07. The predicted octanol–water partition coefficient (Wildman–Crippen LogP) is 13.4. The number of likely N-dealkylation sites (N-methyl/N-ethyl adjacent to an activating group) is 1. The minimum absolute atomic E-state index is 0.0427. The number of allylic oxidation sites excluding steroid dienone is 10. The average Bonchev–Trinajstić information content (AvgIpc) is 3.20. The zero-order valence-electron chi connectivity index (χ0n) is 39.1. The molecule has 0 saturated carbocycles. The van der Waals surface area contributed by atoms with Crippen LogP contribution < -0.4 is 4.89 Å². The van der Waals surface area contributed by atoms with Crippen molar-refractivity contribution < 1.29 is 42.1 Å². The van der Waals surface area contributed by atoms with Gasteiger partial charge in [-0.3, -0.25) is 14.2 Å². The van der Waals surface area contributed by atoms with Crippen LogP contribution in [0.4, 0.5) is 0 Å². The molecule has 348 valence electrons. The van der Waals surface area contributed by atoms with Crippen molar-refractivity contribution in [2.75, 3.05) is 47.5 Å². The number of nitrogens with zero attached hydrogens (tertiary/aromatic N) is 1. The fraction of sp³-hybridized carbons (Fsp3) is 0.760. The Balaban J connectivity index is 4.36. The molecule has 0 aromatic rings. The summed E-state index contributed by atoms with van der Waals surface area (Å²) in [4.78, 5) is 37.6. The van der Waals surface area contributed by atoms with Crippen LogP contribution in [-0.2, 0) is 32.7 Å². The third-order valence-electron chi connectivity index (χ3n) is 10.1. The first-order chi connectivity index (χ1) is 29.0. The molecule has 0 N–H and O–H groups in total. The molecule has 0 aliphatic rings. The molecule has 0 amide bonds. The SMILES string of the molecule is CC/C=C\C/C=C\C/C=C\C/C=C\C/C=C\CCCC(=O)OC(COC(=O)CCCCCCCCCCCCCCCCCCCCC)COP(=O)([O-])OCC[N+](C)(C)C. The molecule has 0 heterocycles. The van der Waals surface area contributed by atoms with Crippen molar-refractivity contribution in [1.29, 1.82) is 0 Å². The van der Waals surface area contributed by atoms with Gasteiger partial charge in [0, 0.05) is 12.8 Å². The van der Waals surface area contributed by atoms with E-state index in [0.29, 0.717) is 23.9 Å². The molecule has 0 aromatic heterocycles. The summed E-state index contributed by atoms with van der Waals surface area (Å²) in [7, 11) is 1.13. The summed E-state index contributed by atoms with van der Waals surface area (Å²) in [5, 5.41) is 0. The summed E-state index contributed by atoms with van der Waals surface area (Å²) in [6.45, 7) is 4.06. The van der Waals surface area contributed by atoms with Crippen molar-refractivity contribution in [3.05, 3.63) is 60.8 Å². The topological polar surface area (TPSA) is 111 Å². The smallest absolute Gasteiger partial charge is 0.306 e. The standard InChI is InChI=1S/C50H90NO8P/c1-6-8-10-12-14-16-18-20-22-24-25-27-28-30-32-34-36-38-40-42-49(52)56-46-48(47-58-60(54,55)57-45-44-51(3,4)5)59-50(53)43-41-39-37-35-33-31-29-26-23-21-19-17-15-13-11-9-7-2/h9,11,15,17,21,23,29,31,35,37,48H,6-8,10,12-14,16,18-20,22,24-28,30,32-34,36,38-47H2,1-5H3/b11-9-,17-15-,23-21-,31-29-,37-35-. The van der Waals surface area contributed by atoms with E-state index in [-0.39, 0.29) is 26.1 Å². The maximum Gasteiger partial charge on any atom is 0.306 e. The largest absolute Gasteiger partial charge is 0.756 e. The van der Waals surface area contributed by atoms with Crippen LogP contribution in [0.5, 0.6) is 0 Å². The van der Waals surface area contributed by atoms with E-state index in [1.807, 2.05) is 27.2 Å². The lowest BCUT2D eigenvalue weighted by Crippen LogP contribution is -2.37. The summed E-state index contributed by atoms with van der Waals surface area (Å²) >= 11 is 0. The zero-order chi connectivity index (χ0) is 44.3. The molecule has 2 atom stereocenters. The molecule has 0 saturated heterocycles. The molecule has 2 unspecified atom stereocenters. The summed E-state index contributed by atoms with van der Waals surface area (Å²) in [5.41, 5.74) is 0. The van der Waals surface area contributed by atoms with E-state index in [2.05, 4.69) is 68.5 Å². The van der Waals surface area contributed by atoms with E-state index in [9.17, 15) is 19.0 Å². The van der Waals surface area contributed by atoms with Gasteiger partial charge in [-0.05, 0) is 51.4 Å². The highest BCUT2D eigenvalue weighted by atomic mass is 31.2. The van der Waals surface area contributed by atoms with Gasteiger partial charge in [0.2, 0.25) is 0 Å². The number of rotatable bonds is 43. The van der Waals surface area contributed by atoms with Crippen molar-refractivity contribution in [3.8, 4) is 0 Å². The highest BCUT2D eigenvalue weighted by Crippen LogP contribution is 2.38. The fourth-order valence-electron chi connectivity index (χ4n) is 6.34. The van der Waals surface area contributed by atoms with Gasteiger partial charge in [-0.1, -0.05) is 190 Å². The Kier molecular flexibility index (Phi) is 40.4. The summed E-state index contributed by atoms with van der Waals surface area (Å²) < 4.78 is 33.9. The van der Waals surface area contributed by atoms with E-state index < -0.39 is 32.5 Å². The second-order valence-corrected chi connectivity index (χ2v) is 18.5. The Morgan fingerprint density at radius 3 is 1.40 bits per heavy atom. The Morgan fingerprint density at radius 2 is 0.950 bits per heavy atom. The van der Waals surface area contributed by atoms with E-state index in [0.717, 1.165) is 51.4 Å². The monoisotopic (exact) mass is 864 g/mol. The molecule has 0 aliphatic carbocycles. The number of hydrogen-bond donors (Lipinski definition) is 0. The van der Waals surface area contributed by atoms with E-state index in [4.69, 9.17) is 18.5 Å². The van der Waals surface area contributed by atoms with E-state index in [1.54, 1.807) is 0 Å². The van der Waals surface area contributed by atoms with Crippen LogP contribution in [0.2, 0.25) is 0 Å². The molecule has 0 bridgehead atoms. The van der Waals surface area contributed by atoms with Gasteiger partial charge >= 0.3 is 11.9 Å². The van der Waals surface area contributed by atoms with E-state index >= 15 is 0 Å². The molecule has 0 aromatic carbocycles. The van der Waals surface area contributed by atoms with Crippen LogP contribution in [0.3, 0.4) is 0 Å². The summed E-state index contributed by atoms with van der Waals surface area (Å²) in [6, 6.07) is 0. The minimum Gasteiger partial charge on any atom is -0.756 e. The van der Waals surface area contributed by atoms with Crippen molar-refractivity contribution in [2.45, 2.75) is 200 Å². The number of unbranched alkanes of at least 4 members (excludes halogenated alkanes) is 19. The Bertz CT molecular complexity index is 1210. The first-order valence-electron chi connectivity index (χ1n) is 24.0. The molecule has 10 heteroatoms. The second kappa shape index (κ2) is 42.0. The first-order valence-corrected chi connectivity index (χ1v) is 25.5. The molecular formula is C50H90NO8P. The lowest BCUT2D eigenvalue weighted by molar-refractivity contribution is -0.870.